The van der Waals surface area contributed by atoms with Crippen molar-refractivity contribution in [2.45, 2.75) is 45.7 Å². The highest BCUT2D eigenvalue weighted by Crippen LogP contribution is 2.44. The van der Waals surface area contributed by atoms with Crippen molar-refractivity contribution in [3.63, 3.8) is 0 Å². The van der Waals surface area contributed by atoms with Crippen molar-refractivity contribution in [1.29, 1.82) is 0 Å². The minimum atomic E-state index is -1.48. The number of carbonyl (C=O) groups is 1. The lowest BCUT2D eigenvalue weighted by molar-refractivity contribution is -0.137. The first kappa shape index (κ1) is 10.9. The molecule has 86 valence electrons. The van der Waals surface area contributed by atoms with Crippen LogP contribution in [-0.4, -0.2) is 29.6 Å². The van der Waals surface area contributed by atoms with Crippen LogP contribution in [0.5, 0.6) is 0 Å². The Balaban J connectivity index is 2.01. The first-order valence-electron chi connectivity index (χ1n) is 5.86. The van der Waals surface area contributed by atoms with Crippen LogP contribution < -0.4 is 0 Å². The number of carbonyl (C=O) groups excluding carboxylic acids is 1. The van der Waals surface area contributed by atoms with E-state index >= 15 is 0 Å². The van der Waals surface area contributed by atoms with Crippen molar-refractivity contribution >= 4 is 5.91 Å². The van der Waals surface area contributed by atoms with Gasteiger partial charge in [0.25, 0.3) is 5.91 Å². The molecule has 0 spiro atoms. The summed E-state index contributed by atoms with van der Waals surface area (Å²) in [6.07, 6.45) is 1.87. The van der Waals surface area contributed by atoms with Crippen LogP contribution in [0.15, 0.2) is 0 Å². The molecule has 0 unspecified atom stereocenters. The molecule has 0 bridgehead atoms. The Labute approximate surface area is 90.8 Å². The molecule has 3 heteroatoms. The summed E-state index contributed by atoms with van der Waals surface area (Å²) in [4.78, 5) is 13.5. The molecule has 2 fully saturated rings. The van der Waals surface area contributed by atoms with E-state index in [4.69, 9.17) is 0 Å². The lowest BCUT2D eigenvalue weighted by Crippen LogP contribution is -2.39. The average molecular weight is 213 g/mol. The summed E-state index contributed by atoms with van der Waals surface area (Å²) in [6, 6.07) is 0. The highest BCUT2D eigenvalue weighted by Gasteiger charge is 2.54. The van der Waals surface area contributed by atoms with E-state index in [0.29, 0.717) is 18.8 Å². The van der Waals surface area contributed by atoms with E-state index in [1.54, 1.807) is 4.90 Å². The number of nitrogens with zero attached hydrogens (tertiary/aromatic N) is 1. The fraction of sp³-hybridized carbons (Fsp3) is 0.917. The zero-order valence-electron chi connectivity index (χ0n) is 9.85. The van der Waals surface area contributed by atoms with Crippen molar-refractivity contribution in [1.82, 2.24) is 4.90 Å². The number of hydrogen-bond donors (Lipinski definition) is 0. The van der Waals surface area contributed by atoms with Crippen LogP contribution >= 0.6 is 0 Å². The molecular formula is C12H20FNO. The lowest BCUT2D eigenvalue weighted by atomic mass is 9.78. The molecule has 1 atom stereocenters. The SMILES string of the molecule is CC(C)[C@@]1(C)CCN(C(=O)C2(F)CC2)C1. The van der Waals surface area contributed by atoms with Gasteiger partial charge < -0.3 is 4.90 Å². The maximum Gasteiger partial charge on any atom is 0.260 e. The van der Waals surface area contributed by atoms with Gasteiger partial charge in [0.05, 0.1) is 0 Å². The number of halogens is 1. The predicted octanol–water partition coefficient (Wildman–Crippen LogP) is 2.38. The summed E-state index contributed by atoms with van der Waals surface area (Å²) in [5.41, 5.74) is -1.30. The number of rotatable bonds is 2. The number of hydrogen-bond acceptors (Lipinski definition) is 1. The van der Waals surface area contributed by atoms with Gasteiger partial charge in [0.15, 0.2) is 5.67 Å². The molecule has 0 aromatic rings. The van der Waals surface area contributed by atoms with Crippen LogP contribution in [0.3, 0.4) is 0 Å². The molecule has 1 amide bonds. The molecule has 0 radical (unpaired) electrons. The maximum absolute atomic E-state index is 13.6. The molecule has 1 heterocycles. The van der Waals surface area contributed by atoms with Gasteiger partial charge in [0.2, 0.25) is 0 Å². The van der Waals surface area contributed by atoms with Gasteiger partial charge in [-0.1, -0.05) is 20.8 Å². The monoisotopic (exact) mass is 213 g/mol. The Bertz CT molecular complexity index is 285. The van der Waals surface area contributed by atoms with E-state index in [1.807, 2.05) is 0 Å². The Hall–Kier alpha value is -0.600. The molecule has 1 aliphatic carbocycles. The smallest absolute Gasteiger partial charge is 0.260 e. The van der Waals surface area contributed by atoms with Gasteiger partial charge in [0.1, 0.15) is 0 Å². The largest absolute Gasteiger partial charge is 0.339 e. The Morgan fingerprint density at radius 2 is 1.93 bits per heavy atom. The van der Waals surface area contributed by atoms with Gasteiger partial charge in [-0.2, -0.15) is 0 Å². The average Bonchev–Trinajstić information content (AvgIpc) is 2.77. The molecule has 2 nitrogen and oxygen atoms in total. The number of likely N-dealkylation sites (tertiary alicyclic amines) is 1. The van der Waals surface area contributed by atoms with Crippen LogP contribution in [0.25, 0.3) is 0 Å². The second-order valence-electron chi connectivity index (χ2n) is 5.75. The summed E-state index contributed by atoms with van der Waals surface area (Å²) in [5.74, 6) is 0.289. The Morgan fingerprint density at radius 3 is 2.33 bits per heavy atom. The molecule has 2 rings (SSSR count). The van der Waals surface area contributed by atoms with Crippen molar-refractivity contribution in [2.24, 2.45) is 11.3 Å². The van der Waals surface area contributed by atoms with E-state index in [1.165, 1.54) is 0 Å². The molecule has 2 aliphatic rings. The van der Waals surface area contributed by atoms with Gasteiger partial charge in [-0.15, -0.1) is 0 Å². The summed E-state index contributed by atoms with van der Waals surface area (Å²) < 4.78 is 13.6. The van der Waals surface area contributed by atoms with Crippen molar-refractivity contribution in [3.05, 3.63) is 0 Å². The normalized spacial score (nSPS) is 33.5. The Morgan fingerprint density at radius 1 is 1.33 bits per heavy atom. The summed E-state index contributed by atoms with van der Waals surface area (Å²) in [6.45, 7) is 8.02. The topological polar surface area (TPSA) is 20.3 Å². The first-order chi connectivity index (χ1) is 6.87. The molecule has 0 aromatic heterocycles. The van der Waals surface area contributed by atoms with E-state index in [0.717, 1.165) is 19.5 Å². The van der Waals surface area contributed by atoms with E-state index in [2.05, 4.69) is 20.8 Å². The summed E-state index contributed by atoms with van der Waals surface area (Å²) >= 11 is 0. The zero-order valence-corrected chi connectivity index (χ0v) is 9.85. The Kier molecular flexibility index (Phi) is 2.32. The third-order valence-electron chi connectivity index (χ3n) is 4.26. The van der Waals surface area contributed by atoms with E-state index in [9.17, 15) is 9.18 Å². The predicted molar refractivity (Wildman–Crippen MR) is 57.2 cm³/mol. The maximum atomic E-state index is 13.6. The summed E-state index contributed by atoms with van der Waals surface area (Å²) in [7, 11) is 0. The third-order valence-corrected chi connectivity index (χ3v) is 4.26. The molecule has 1 saturated carbocycles. The fourth-order valence-electron chi connectivity index (χ4n) is 2.24. The lowest BCUT2D eigenvalue weighted by Gasteiger charge is -2.29. The van der Waals surface area contributed by atoms with Gasteiger partial charge in [-0.25, -0.2) is 4.39 Å². The molecule has 0 aromatic carbocycles. The minimum Gasteiger partial charge on any atom is -0.339 e. The summed E-state index contributed by atoms with van der Waals surface area (Å²) in [5, 5.41) is 0. The van der Waals surface area contributed by atoms with Crippen LogP contribution in [0, 0.1) is 11.3 Å². The number of alkyl halides is 1. The van der Waals surface area contributed by atoms with E-state index < -0.39 is 5.67 Å². The highest BCUT2D eigenvalue weighted by molar-refractivity contribution is 5.88. The highest BCUT2D eigenvalue weighted by atomic mass is 19.1. The zero-order chi connectivity index (χ0) is 11.3. The van der Waals surface area contributed by atoms with Crippen molar-refractivity contribution in [2.75, 3.05) is 13.1 Å². The third kappa shape index (κ3) is 1.77. The van der Waals surface area contributed by atoms with Crippen LogP contribution in [0.4, 0.5) is 4.39 Å². The van der Waals surface area contributed by atoms with Gasteiger partial charge in [0, 0.05) is 13.1 Å². The van der Waals surface area contributed by atoms with Crippen LogP contribution in [0.1, 0.15) is 40.0 Å². The van der Waals surface area contributed by atoms with Crippen molar-refractivity contribution in [3.8, 4) is 0 Å². The fourth-order valence-corrected chi connectivity index (χ4v) is 2.24. The molecular weight excluding hydrogens is 193 g/mol. The second kappa shape index (κ2) is 3.19. The van der Waals surface area contributed by atoms with Crippen LogP contribution in [-0.2, 0) is 4.79 Å². The molecule has 1 saturated heterocycles. The van der Waals surface area contributed by atoms with Gasteiger partial charge >= 0.3 is 0 Å². The van der Waals surface area contributed by atoms with Gasteiger partial charge in [-0.05, 0) is 30.6 Å². The molecule has 15 heavy (non-hydrogen) atoms. The van der Waals surface area contributed by atoms with E-state index in [-0.39, 0.29) is 11.3 Å². The van der Waals surface area contributed by atoms with Crippen molar-refractivity contribution < 1.29 is 9.18 Å². The second-order valence-corrected chi connectivity index (χ2v) is 5.75. The minimum absolute atomic E-state index is 0.181. The standard InChI is InChI=1S/C12H20FNO/c1-9(2)11(3)6-7-14(8-11)10(15)12(13)4-5-12/h9H,4-8H2,1-3H3/t11-/m0/s1. The quantitative estimate of drug-likeness (QED) is 0.689. The number of amides is 1. The molecule has 1 aliphatic heterocycles. The van der Waals surface area contributed by atoms with Gasteiger partial charge in [-0.3, -0.25) is 4.79 Å². The molecule has 0 N–H and O–H groups in total. The first-order valence-corrected chi connectivity index (χ1v) is 5.86. The van der Waals surface area contributed by atoms with Crippen LogP contribution in [0.2, 0.25) is 0 Å².